The van der Waals surface area contributed by atoms with Crippen molar-refractivity contribution in [1.82, 2.24) is 9.22 Å². The quantitative estimate of drug-likeness (QED) is 0.269. The standard InChI is InChI=1S/C24H27BrFN3OSi/c1-14(2)31(15(3)4,16(5)6)29-10-8-19-21(29)12-20(26)22(23(19)25)24(30)17-7-9-28-18(11-17)13-27/h7-12,14-16H,1-6H3. The van der Waals surface area contributed by atoms with Gasteiger partial charge in [0.15, 0.2) is 14.0 Å². The second-order valence-electron chi connectivity index (χ2n) is 8.89. The Bertz CT molecular complexity index is 1170. The number of nitrogens with zero attached hydrogens (tertiary/aromatic N) is 3. The number of fused-ring (bicyclic) bond motifs is 1. The van der Waals surface area contributed by atoms with Gasteiger partial charge in [-0.05, 0) is 63.0 Å². The van der Waals surface area contributed by atoms with E-state index in [0.29, 0.717) is 21.1 Å². The van der Waals surface area contributed by atoms with Gasteiger partial charge in [-0.3, -0.25) is 4.79 Å². The smallest absolute Gasteiger partial charge is 0.197 e. The Balaban J connectivity index is 2.26. The van der Waals surface area contributed by atoms with Gasteiger partial charge in [0, 0.05) is 27.1 Å². The molecule has 1 aromatic carbocycles. The summed E-state index contributed by atoms with van der Waals surface area (Å²) < 4.78 is 18.2. The van der Waals surface area contributed by atoms with Crippen molar-refractivity contribution in [1.29, 1.82) is 5.26 Å². The highest BCUT2D eigenvalue weighted by Crippen LogP contribution is 2.45. The maximum atomic E-state index is 15.4. The van der Waals surface area contributed by atoms with E-state index in [4.69, 9.17) is 5.26 Å². The Morgan fingerprint density at radius 2 is 1.74 bits per heavy atom. The molecular formula is C24H27BrFN3OSi. The monoisotopic (exact) mass is 499 g/mol. The van der Waals surface area contributed by atoms with Crippen LogP contribution in [0, 0.1) is 17.1 Å². The molecular weight excluding hydrogens is 473 g/mol. The predicted octanol–water partition coefficient (Wildman–Crippen LogP) is 7.06. The Kier molecular flexibility index (Phi) is 6.54. The van der Waals surface area contributed by atoms with Crippen LogP contribution in [0.3, 0.4) is 0 Å². The fraction of sp³-hybridized carbons (Fsp3) is 0.375. The van der Waals surface area contributed by atoms with E-state index in [1.165, 1.54) is 24.4 Å². The molecule has 0 aliphatic heterocycles. The Morgan fingerprint density at radius 1 is 1.13 bits per heavy atom. The van der Waals surface area contributed by atoms with E-state index in [9.17, 15) is 4.79 Å². The van der Waals surface area contributed by atoms with E-state index in [2.05, 4.69) is 72.9 Å². The van der Waals surface area contributed by atoms with Crippen molar-refractivity contribution < 1.29 is 9.18 Å². The number of carbonyl (C=O) groups is 1. The average molecular weight is 500 g/mol. The molecule has 0 unspecified atom stereocenters. The van der Waals surface area contributed by atoms with Crippen LogP contribution in [0.2, 0.25) is 16.6 Å². The number of halogens is 2. The molecule has 0 spiro atoms. The fourth-order valence-electron chi connectivity index (χ4n) is 5.37. The van der Waals surface area contributed by atoms with Gasteiger partial charge in [-0.2, -0.15) is 5.26 Å². The van der Waals surface area contributed by atoms with E-state index in [0.717, 1.165) is 10.9 Å². The summed E-state index contributed by atoms with van der Waals surface area (Å²) in [5.74, 6) is -1.04. The normalized spacial score (nSPS) is 12.2. The summed E-state index contributed by atoms with van der Waals surface area (Å²) >= 11 is 3.52. The maximum Gasteiger partial charge on any atom is 0.197 e. The average Bonchev–Trinajstić information content (AvgIpc) is 3.11. The second kappa shape index (κ2) is 8.68. The van der Waals surface area contributed by atoms with Crippen LogP contribution in [0.5, 0.6) is 0 Å². The Labute approximate surface area is 192 Å². The van der Waals surface area contributed by atoms with Gasteiger partial charge in [0.2, 0.25) is 0 Å². The minimum absolute atomic E-state index is 0.0220. The number of carbonyl (C=O) groups excluding carboxylic acids is 1. The van der Waals surface area contributed by atoms with E-state index < -0.39 is 19.8 Å². The van der Waals surface area contributed by atoms with Crippen LogP contribution < -0.4 is 0 Å². The summed E-state index contributed by atoms with van der Waals surface area (Å²) in [6.07, 6.45) is 3.45. The molecule has 0 amide bonds. The number of hydrogen-bond donors (Lipinski definition) is 0. The van der Waals surface area contributed by atoms with Crippen molar-refractivity contribution in [3.63, 3.8) is 0 Å². The number of pyridine rings is 1. The molecule has 0 N–H and O–H groups in total. The molecule has 0 fully saturated rings. The number of hydrogen-bond acceptors (Lipinski definition) is 3. The summed E-state index contributed by atoms with van der Waals surface area (Å²) in [4.78, 5) is 17.0. The van der Waals surface area contributed by atoms with Crippen LogP contribution in [0.1, 0.15) is 63.2 Å². The number of ketones is 1. The van der Waals surface area contributed by atoms with E-state index >= 15 is 4.39 Å². The summed E-state index contributed by atoms with van der Waals surface area (Å²) in [6.45, 7) is 13.6. The van der Waals surface area contributed by atoms with Crippen molar-refractivity contribution >= 4 is 40.9 Å². The summed E-state index contributed by atoms with van der Waals surface area (Å²) in [6, 6.07) is 8.27. The first-order chi connectivity index (χ1) is 14.6. The lowest BCUT2D eigenvalue weighted by Crippen LogP contribution is -2.51. The second-order valence-corrected chi connectivity index (χ2v) is 15.4. The lowest BCUT2D eigenvalue weighted by atomic mass is 10.0. The summed E-state index contributed by atoms with van der Waals surface area (Å²) in [7, 11) is -2.08. The van der Waals surface area contributed by atoms with Gasteiger partial charge in [-0.25, -0.2) is 9.37 Å². The molecule has 0 saturated heterocycles. The molecule has 0 atom stereocenters. The lowest BCUT2D eigenvalue weighted by molar-refractivity contribution is 0.103. The van der Waals surface area contributed by atoms with Crippen LogP contribution >= 0.6 is 15.9 Å². The highest BCUT2D eigenvalue weighted by Gasteiger charge is 2.45. The summed E-state index contributed by atoms with van der Waals surface area (Å²) in [5.41, 5.74) is 2.51. The zero-order valence-electron chi connectivity index (χ0n) is 18.7. The molecule has 0 aliphatic rings. The van der Waals surface area contributed by atoms with Crippen LogP contribution in [0.25, 0.3) is 10.9 Å². The van der Waals surface area contributed by atoms with Gasteiger partial charge >= 0.3 is 0 Å². The molecule has 2 heterocycles. The first-order valence-electron chi connectivity index (χ1n) is 10.5. The molecule has 0 bridgehead atoms. The maximum absolute atomic E-state index is 15.4. The van der Waals surface area contributed by atoms with Gasteiger partial charge in [-0.15, -0.1) is 0 Å². The fourth-order valence-corrected chi connectivity index (χ4v) is 12.7. The predicted molar refractivity (Wildman–Crippen MR) is 128 cm³/mol. The zero-order valence-corrected chi connectivity index (χ0v) is 21.3. The molecule has 162 valence electrons. The first-order valence-corrected chi connectivity index (χ1v) is 13.4. The minimum atomic E-state index is -2.08. The SMILES string of the molecule is CC(C)[Si](C(C)C)(C(C)C)n1ccc2c(Br)c(C(=O)c3ccnc(C#N)c3)c(F)cc21. The van der Waals surface area contributed by atoms with E-state index in [1.54, 1.807) is 0 Å². The first kappa shape index (κ1) is 23.4. The summed E-state index contributed by atoms with van der Waals surface area (Å²) in [5, 5.41) is 9.89. The molecule has 0 aliphatic carbocycles. The highest BCUT2D eigenvalue weighted by molar-refractivity contribution is 9.10. The molecule has 4 nitrogen and oxygen atoms in total. The molecule has 0 saturated carbocycles. The number of benzene rings is 1. The molecule has 2 aromatic heterocycles. The topological polar surface area (TPSA) is 58.7 Å². The number of aromatic nitrogens is 2. The van der Waals surface area contributed by atoms with Gasteiger partial charge in [-0.1, -0.05) is 41.5 Å². The van der Waals surface area contributed by atoms with Crippen molar-refractivity contribution in [3.8, 4) is 6.07 Å². The molecule has 7 heteroatoms. The van der Waals surface area contributed by atoms with E-state index in [1.807, 2.05) is 12.1 Å². The molecule has 31 heavy (non-hydrogen) atoms. The van der Waals surface area contributed by atoms with Crippen molar-refractivity contribution in [2.24, 2.45) is 0 Å². The van der Waals surface area contributed by atoms with Crippen LogP contribution in [-0.4, -0.2) is 23.2 Å². The zero-order chi connectivity index (χ0) is 23.1. The van der Waals surface area contributed by atoms with Gasteiger partial charge in [0.1, 0.15) is 17.6 Å². The third kappa shape index (κ3) is 3.66. The van der Waals surface area contributed by atoms with Crippen molar-refractivity contribution in [2.45, 2.75) is 58.2 Å². The molecule has 0 radical (unpaired) electrons. The lowest BCUT2D eigenvalue weighted by Gasteiger charge is -2.44. The minimum Gasteiger partial charge on any atom is -0.373 e. The Hall–Kier alpha value is -2.30. The third-order valence-corrected chi connectivity index (χ3v) is 14.0. The Morgan fingerprint density at radius 3 is 2.29 bits per heavy atom. The van der Waals surface area contributed by atoms with Crippen LogP contribution in [0.15, 0.2) is 41.1 Å². The molecule has 3 aromatic rings. The molecule has 3 rings (SSSR count). The van der Waals surface area contributed by atoms with Gasteiger partial charge in [0.25, 0.3) is 0 Å². The van der Waals surface area contributed by atoms with Crippen molar-refractivity contribution in [2.75, 3.05) is 0 Å². The van der Waals surface area contributed by atoms with Crippen molar-refractivity contribution in [3.05, 3.63) is 63.8 Å². The largest absolute Gasteiger partial charge is 0.373 e. The van der Waals surface area contributed by atoms with Gasteiger partial charge in [0.05, 0.1) is 5.56 Å². The van der Waals surface area contributed by atoms with E-state index in [-0.39, 0.29) is 16.8 Å². The van der Waals surface area contributed by atoms with Gasteiger partial charge < -0.3 is 4.23 Å². The van der Waals surface area contributed by atoms with Crippen LogP contribution in [-0.2, 0) is 0 Å². The number of nitriles is 1. The van der Waals surface area contributed by atoms with Crippen LogP contribution in [0.4, 0.5) is 4.39 Å². The number of rotatable bonds is 6. The highest BCUT2D eigenvalue weighted by atomic mass is 79.9. The third-order valence-electron chi connectivity index (χ3n) is 6.44.